The van der Waals surface area contributed by atoms with Gasteiger partial charge in [0.25, 0.3) is 0 Å². The first-order valence-corrected chi connectivity index (χ1v) is 5.11. The van der Waals surface area contributed by atoms with Crippen molar-refractivity contribution in [3.8, 4) is 0 Å². The van der Waals surface area contributed by atoms with Gasteiger partial charge in [0.15, 0.2) is 17.5 Å². The van der Waals surface area contributed by atoms with E-state index in [-0.39, 0.29) is 0 Å². The molecular formula is C9H13ClO6. The maximum Gasteiger partial charge on any atom is 0.303 e. The van der Waals surface area contributed by atoms with Crippen molar-refractivity contribution in [3.63, 3.8) is 0 Å². The van der Waals surface area contributed by atoms with Gasteiger partial charge in [0, 0.05) is 6.92 Å². The molecule has 0 radical (unpaired) electrons. The molecule has 1 saturated heterocycles. The van der Waals surface area contributed by atoms with Gasteiger partial charge in [0.2, 0.25) is 0 Å². The molecule has 92 valence electrons. The molecule has 5 atom stereocenters. The molecule has 1 aliphatic heterocycles. The minimum absolute atomic E-state index is 0.559. The van der Waals surface area contributed by atoms with E-state index in [1.165, 1.54) is 0 Å². The fourth-order valence-corrected chi connectivity index (χ4v) is 1.78. The highest BCUT2D eigenvalue weighted by molar-refractivity contribution is 6.20. The van der Waals surface area contributed by atoms with E-state index in [4.69, 9.17) is 21.1 Å². The van der Waals surface area contributed by atoms with Gasteiger partial charge in [-0.25, -0.2) is 0 Å². The Hall–Kier alpha value is -0.690. The standard InChI is InChI=1S/C9H13ClO6/c1-3(11)5(13)7-6(14)8(9(10)16-7)15-4(2)12/h5-9,13-14H,1-2H3/t5?,6-,7-,8-,9?/m1/s1. The summed E-state index contributed by atoms with van der Waals surface area (Å²) in [6, 6.07) is 0. The van der Waals surface area contributed by atoms with Crippen molar-refractivity contribution >= 4 is 23.4 Å². The number of ketones is 1. The van der Waals surface area contributed by atoms with Crippen molar-refractivity contribution in [1.29, 1.82) is 0 Å². The lowest BCUT2D eigenvalue weighted by Crippen LogP contribution is -2.43. The van der Waals surface area contributed by atoms with E-state index in [9.17, 15) is 19.8 Å². The number of rotatable bonds is 3. The second-order valence-corrected chi connectivity index (χ2v) is 4.00. The molecule has 0 saturated carbocycles. The Balaban J connectivity index is 2.73. The lowest BCUT2D eigenvalue weighted by atomic mass is 10.0. The number of hydrogen-bond acceptors (Lipinski definition) is 6. The fourth-order valence-electron chi connectivity index (χ4n) is 1.46. The normalized spacial score (nSPS) is 35.8. The highest BCUT2D eigenvalue weighted by atomic mass is 35.5. The lowest BCUT2D eigenvalue weighted by molar-refractivity contribution is -0.151. The molecule has 0 spiro atoms. The van der Waals surface area contributed by atoms with E-state index < -0.39 is 41.7 Å². The summed E-state index contributed by atoms with van der Waals surface area (Å²) in [5, 5.41) is 19.1. The van der Waals surface area contributed by atoms with E-state index in [0.717, 1.165) is 13.8 Å². The first kappa shape index (κ1) is 13.4. The number of alkyl halides is 1. The summed E-state index contributed by atoms with van der Waals surface area (Å²) >= 11 is 5.68. The van der Waals surface area contributed by atoms with Gasteiger partial charge in [-0.15, -0.1) is 0 Å². The molecular weight excluding hydrogens is 240 g/mol. The molecule has 0 aliphatic carbocycles. The number of aliphatic hydroxyl groups excluding tert-OH is 2. The van der Waals surface area contributed by atoms with Crippen molar-refractivity contribution < 1.29 is 29.3 Å². The largest absolute Gasteiger partial charge is 0.456 e. The third-order valence-corrected chi connectivity index (χ3v) is 2.60. The zero-order valence-electron chi connectivity index (χ0n) is 8.79. The Bertz CT molecular complexity index is 294. The van der Waals surface area contributed by atoms with Crippen molar-refractivity contribution in [2.75, 3.05) is 0 Å². The molecule has 1 fully saturated rings. The van der Waals surface area contributed by atoms with Crippen molar-refractivity contribution in [3.05, 3.63) is 0 Å². The molecule has 2 unspecified atom stereocenters. The number of ether oxygens (including phenoxy) is 2. The number of Topliss-reactive ketones (excluding diaryl/α,β-unsaturated/α-hetero) is 1. The van der Waals surface area contributed by atoms with Gasteiger partial charge >= 0.3 is 5.97 Å². The third-order valence-electron chi connectivity index (χ3n) is 2.25. The highest BCUT2D eigenvalue weighted by Crippen LogP contribution is 2.28. The van der Waals surface area contributed by atoms with Gasteiger partial charge in [-0.05, 0) is 6.92 Å². The maximum atomic E-state index is 10.9. The average Bonchev–Trinajstić information content (AvgIpc) is 2.44. The van der Waals surface area contributed by atoms with Crippen LogP contribution in [0.4, 0.5) is 0 Å². The van der Waals surface area contributed by atoms with Gasteiger partial charge in [0.1, 0.15) is 18.3 Å². The molecule has 1 rings (SSSR count). The zero-order valence-corrected chi connectivity index (χ0v) is 9.55. The van der Waals surface area contributed by atoms with E-state index in [1.54, 1.807) is 0 Å². The van der Waals surface area contributed by atoms with E-state index in [0.29, 0.717) is 0 Å². The first-order valence-electron chi connectivity index (χ1n) is 4.68. The number of halogens is 1. The lowest BCUT2D eigenvalue weighted by Gasteiger charge is -2.19. The SMILES string of the molecule is CC(=O)O[C@H]1C(Cl)O[C@H](C(O)C(C)=O)[C@H]1O. The van der Waals surface area contributed by atoms with Crippen molar-refractivity contribution in [2.45, 2.75) is 43.8 Å². The van der Waals surface area contributed by atoms with Gasteiger partial charge in [0.05, 0.1) is 0 Å². The number of carbonyl (C=O) groups excluding carboxylic acids is 2. The molecule has 2 N–H and O–H groups in total. The third kappa shape index (κ3) is 2.70. The van der Waals surface area contributed by atoms with Gasteiger partial charge in [-0.3, -0.25) is 9.59 Å². The smallest absolute Gasteiger partial charge is 0.303 e. The number of hydrogen-bond donors (Lipinski definition) is 2. The van der Waals surface area contributed by atoms with Crippen LogP contribution >= 0.6 is 11.6 Å². The monoisotopic (exact) mass is 252 g/mol. The molecule has 0 aromatic heterocycles. The Morgan fingerprint density at radius 1 is 1.44 bits per heavy atom. The van der Waals surface area contributed by atoms with E-state index in [2.05, 4.69) is 0 Å². The van der Waals surface area contributed by atoms with Gasteiger partial charge in [-0.2, -0.15) is 0 Å². The van der Waals surface area contributed by atoms with Crippen LogP contribution in [0.2, 0.25) is 0 Å². The molecule has 1 heterocycles. The van der Waals surface area contributed by atoms with Gasteiger partial charge in [-0.1, -0.05) is 11.6 Å². The van der Waals surface area contributed by atoms with Crippen LogP contribution < -0.4 is 0 Å². The summed E-state index contributed by atoms with van der Waals surface area (Å²) in [5.74, 6) is -1.19. The Morgan fingerprint density at radius 2 is 2.00 bits per heavy atom. The second kappa shape index (κ2) is 5.09. The van der Waals surface area contributed by atoms with Crippen LogP contribution in [0, 0.1) is 0 Å². The zero-order chi connectivity index (χ0) is 12.5. The Labute approximate surface area is 97.1 Å². The molecule has 7 heteroatoms. The van der Waals surface area contributed by atoms with E-state index >= 15 is 0 Å². The second-order valence-electron chi connectivity index (χ2n) is 3.57. The number of aliphatic hydroxyl groups is 2. The highest BCUT2D eigenvalue weighted by Gasteiger charge is 2.49. The average molecular weight is 253 g/mol. The maximum absolute atomic E-state index is 10.9. The number of carbonyl (C=O) groups is 2. The quantitative estimate of drug-likeness (QED) is 0.504. The van der Waals surface area contributed by atoms with E-state index in [1.807, 2.05) is 0 Å². The Morgan fingerprint density at radius 3 is 2.44 bits per heavy atom. The molecule has 1 aliphatic rings. The predicted molar refractivity (Wildman–Crippen MR) is 52.8 cm³/mol. The van der Waals surface area contributed by atoms with Crippen LogP contribution in [0.1, 0.15) is 13.8 Å². The molecule has 0 aromatic carbocycles. The minimum Gasteiger partial charge on any atom is -0.456 e. The Kier molecular flexibility index (Phi) is 4.26. The molecule has 16 heavy (non-hydrogen) atoms. The minimum atomic E-state index is -1.49. The molecule has 0 bridgehead atoms. The summed E-state index contributed by atoms with van der Waals surface area (Å²) < 4.78 is 9.71. The van der Waals surface area contributed by atoms with Crippen LogP contribution in [0.15, 0.2) is 0 Å². The van der Waals surface area contributed by atoms with Crippen LogP contribution in [-0.2, 0) is 19.1 Å². The summed E-state index contributed by atoms with van der Waals surface area (Å²) in [6.07, 6.45) is -5.08. The topological polar surface area (TPSA) is 93.1 Å². The predicted octanol–water partition coefficient (Wildman–Crippen LogP) is -0.807. The summed E-state index contributed by atoms with van der Waals surface area (Å²) in [4.78, 5) is 21.6. The number of esters is 1. The first-order chi connectivity index (χ1) is 7.34. The van der Waals surface area contributed by atoms with Crippen LogP contribution in [0.25, 0.3) is 0 Å². The van der Waals surface area contributed by atoms with Crippen molar-refractivity contribution in [2.24, 2.45) is 0 Å². The summed E-state index contributed by atoms with van der Waals surface area (Å²) in [6.45, 7) is 2.31. The van der Waals surface area contributed by atoms with Crippen LogP contribution in [0.5, 0.6) is 0 Å². The molecule has 0 amide bonds. The van der Waals surface area contributed by atoms with Crippen molar-refractivity contribution in [1.82, 2.24) is 0 Å². The molecule has 6 nitrogen and oxygen atoms in total. The molecule has 0 aromatic rings. The fraction of sp³-hybridized carbons (Fsp3) is 0.778. The van der Waals surface area contributed by atoms with Crippen LogP contribution in [-0.4, -0.2) is 51.9 Å². The summed E-state index contributed by atoms with van der Waals surface area (Å²) in [7, 11) is 0. The van der Waals surface area contributed by atoms with Gasteiger partial charge < -0.3 is 19.7 Å². The van der Waals surface area contributed by atoms with Crippen LogP contribution in [0.3, 0.4) is 0 Å². The summed E-state index contributed by atoms with van der Waals surface area (Å²) in [5.41, 5.74) is -1.09.